The maximum Gasteiger partial charge on any atom is 0.255 e. The minimum atomic E-state index is 0.00514. The number of hydrogen-bond donors (Lipinski definition) is 0. The normalized spacial score (nSPS) is 18.5. The van der Waals surface area contributed by atoms with E-state index in [1.807, 2.05) is 21.6 Å². The Bertz CT molecular complexity index is 772. The molecule has 1 aliphatic carbocycles. The lowest BCUT2D eigenvalue weighted by molar-refractivity contribution is -0.130. The quantitative estimate of drug-likeness (QED) is 0.826. The number of pyridine rings is 1. The summed E-state index contributed by atoms with van der Waals surface area (Å²) in [4.78, 5) is 27.7. The van der Waals surface area contributed by atoms with Crippen molar-refractivity contribution in [1.29, 1.82) is 0 Å². The van der Waals surface area contributed by atoms with Gasteiger partial charge in [0.05, 0.1) is 5.56 Å². The molecular weight excluding hydrogens is 294 g/mol. The van der Waals surface area contributed by atoms with Crippen molar-refractivity contribution >= 4 is 17.5 Å². The Hall–Kier alpha value is -2.44. The van der Waals surface area contributed by atoms with Crippen LogP contribution in [0.5, 0.6) is 0 Å². The van der Waals surface area contributed by atoms with Crippen LogP contribution < -0.4 is 0 Å². The molecule has 0 bridgehead atoms. The summed E-state index contributed by atoms with van der Waals surface area (Å²) in [5.74, 6) is 1.51. The SMILES string of the molecule is CC(=O)N1CCN(C(=O)c2ccc3nnc(C4CC4)n3c2)CC1. The third kappa shape index (κ3) is 2.56. The number of carbonyl (C=O) groups excluding carboxylic acids is 2. The zero-order chi connectivity index (χ0) is 16.0. The van der Waals surface area contributed by atoms with Crippen LogP contribution in [0.3, 0.4) is 0 Å². The monoisotopic (exact) mass is 313 g/mol. The number of fused-ring (bicyclic) bond motifs is 1. The number of rotatable bonds is 2. The van der Waals surface area contributed by atoms with Gasteiger partial charge in [-0.1, -0.05) is 0 Å². The molecule has 3 heterocycles. The lowest BCUT2D eigenvalue weighted by Gasteiger charge is -2.34. The highest BCUT2D eigenvalue weighted by molar-refractivity contribution is 5.94. The molecule has 120 valence electrons. The molecule has 2 fully saturated rings. The van der Waals surface area contributed by atoms with E-state index in [1.54, 1.807) is 17.9 Å². The minimum absolute atomic E-state index is 0.00514. The van der Waals surface area contributed by atoms with Gasteiger partial charge in [-0.25, -0.2) is 0 Å². The Morgan fingerprint density at radius 1 is 1.04 bits per heavy atom. The van der Waals surface area contributed by atoms with Crippen molar-refractivity contribution in [2.45, 2.75) is 25.7 Å². The van der Waals surface area contributed by atoms with Gasteiger partial charge in [0.1, 0.15) is 5.82 Å². The van der Waals surface area contributed by atoms with Crippen molar-refractivity contribution in [3.63, 3.8) is 0 Å². The summed E-state index contributed by atoms with van der Waals surface area (Å²) in [6.45, 7) is 3.92. The average Bonchev–Trinajstić information content (AvgIpc) is 3.33. The zero-order valence-corrected chi connectivity index (χ0v) is 13.1. The first-order chi connectivity index (χ1) is 11.1. The molecule has 2 aromatic rings. The van der Waals surface area contributed by atoms with E-state index in [0.29, 0.717) is 37.7 Å². The number of aromatic nitrogens is 3. The van der Waals surface area contributed by atoms with E-state index < -0.39 is 0 Å². The summed E-state index contributed by atoms with van der Waals surface area (Å²) >= 11 is 0. The van der Waals surface area contributed by atoms with Gasteiger partial charge in [-0.2, -0.15) is 0 Å². The molecule has 2 amide bonds. The molecule has 0 unspecified atom stereocenters. The van der Waals surface area contributed by atoms with E-state index in [9.17, 15) is 9.59 Å². The first kappa shape index (κ1) is 14.2. The molecule has 7 heteroatoms. The van der Waals surface area contributed by atoms with Crippen LogP contribution in [0.2, 0.25) is 0 Å². The number of hydrogen-bond acceptors (Lipinski definition) is 4. The fourth-order valence-electron chi connectivity index (χ4n) is 3.06. The smallest absolute Gasteiger partial charge is 0.255 e. The molecule has 0 atom stereocenters. The highest BCUT2D eigenvalue weighted by Crippen LogP contribution is 2.38. The van der Waals surface area contributed by atoms with Gasteiger partial charge in [-0.15, -0.1) is 10.2 Å². The van der Waals surface area contributed by atoms with Gasteiger partial charge in [0.15, 0.2) is 5.65 Å². The van der Waals surface area contributed by atoms with Gasteiger partial charge in [-0.05, 0) is 25.0 Å². The van der Waals surface area contributed by atoms with Crippen LogP contribution in [0.4, 0.5) is 0 Å². The van der Waals surface area contributed by atoms with Gasteiger partial charge < -0.3 is 9.80 Å². The molecule has 0 aromatic carbocycles. The van der Waals surface area contributed by atoms with E-state index in [4.69, 9.17) is 0 Å². The zero-order valence-electron chi connectivity index (χ0n) is 13.1. The number of nitrogens with zero attached hydrogens (tertiary/aromatic N) is 5. The van der Waals surface area contributed by atoms with E-state index >= 15 is 0 Å². The molecule has 0 spiro atoms. The second-order valence-corrected chi connectivity index (χ2v) is 6.28. The molecule has 7 nitrogen and oxygen atoms in total. The topological polar surface area (TPSA) is 70.8 Å². The summed E-state index contributed by atoms with van der Waals surface area (Å²) in [5, 5.41) is 8.41. The first-order valence-corrected chi connectivity index (χ1v) is 8.03. The molecular formula is C16H19N5O2. The number of piperazine rings is 1. The van der Waals surface area contributed by atoms with Gasteiger partial charge >= 0.3 is 0 Å². The van der Waals surface area contributed by atoms with Crippen LogP contribution in [0.1, 0.15) is 41.9 Å². The van der Waals surface area contributed by atoms with Crippen LogP contribution in [-0.2, 0) is 4.79 Å². The molecule has 2 aromatic heterocycles. The minimum Gasteiger partial charge on any atom is -0.339 e. The van der Waals surface area contributed by atoms with Crippen LogP contribution in [0.15, 0.2) is 18.3 Å². The van der Waals surface area contributed by atoms with Crippen LogP contribution in [-0.4, -0.2) is 62.4 Å². The van der Waals surface area contributed by atoms with Crippen molar-refractivity contribution in [3.05, 3.63) is 29.7 Å². The molecule has 1 saturated carbocycles. The Kier molecular flexibility index (Phi) is 3.28. The van der Waals surface area contributed by atoms with Crippen LogP contribution in [0.25, 0.3) is 5.65 Å². The molecule has 0 radical (unpaired) electrons. The predicted molar refractivity (Wildman–Crippen MR) is 83.1 cm³/mol. The Balaban J connectivity index is 1.55. The molecule has 0 N–H and O–H groups in total. The van der Waals surface area contributed by atoms with Crippen molar-refractivity contribution in [1.82, 2.24) is 24.4 Å². The molecule has 1 saturated heterocycles. The largest absolute Gasteiger partial charge is 0.339 e. The van der Waals surface area contributed by atoms with Crippen molar-refractivity contribution < 1.29 is 9.59 Å². The Labute approximate surface area is 133 Å². The summed E-state index contributed by atoms with van der Waals surface area (Å²) < 4.78 is 1.94. The van der Waals surface area contributed by atoms with Gasteiger partial charge in [-0.3, -0.25) is 14.0 Å². The molecule has 2 aliphatic rings. The highest BCUT2D eigenvalue weighted by atomic mass is 16.2. The lowest BCUT2D eigenvalue weighted by Crippen LogP contribution is -2.50. The van der Waals surface area contributed by atoms with E-state index in [0.717, 1.165) is 24.3 Å². The summed E-state index contributed by atoms with van der Waals surface area (Å²) in [7, 11) is 0. The van der Waals surface area contributed by atoms with Crippen molar-refractivity contribution in [3.8, 4) is 0 Å². The maximum absolute atomic E-state index is 12.7. The van der Waals surface area contributed by atoms with Crippen LogP contribution in [0, 0.1) is 0 Å². The second-order valence-electron chi connectivity index (χ2n) is 6.28. The summed E-state index contributed by atoms with van der Waals surface area (Å²) in [6, 6.07) is 3.65. The Morgan fingerprint density at radius 2 is 1.74 bits per heavy atom. The fourth-order valence-corrected chi connectivity index (χ4v) is 3.06. The molecule has 23 heavy (non-hydrogen) atoms. The maximum atomic E-state index is 12.7. The predicted octanol–water partition coefficient (Wildman–Crippen LogP) is 0.911. The van der Waals surface area contributed by atoms with Crippen LogP contribution >= 0.6 is 0 Å². The van der Waals surface area contributed by atoms with E-state index in [-0.39, 0.29) is 11.8 Å². The average molecular weight is 313 g/mol. The fraction of sp³-hybridized carbons (Fsp3) is 0.500. The highest BCUT2D eigenvalue weighted by Gasteiger charge is 2.29. The number of amides is 2. The Morgan fingerprint density at radius 3 is 2.39 bits per heavy atom. The number of carbonyl (C=O) groups is 2. The molecule has 1 aliphatic heterocycles. The summed E-state index contributed by atoms with van der Waals surface area (Å²) in [6.07, 6.45) is 4.14. The molecule has 4 rings (SSSR count). The third-order valence-electron chi connectivity index (χ3n) is 4.63. The standard InChI is InChI=1S/C16H19N5O2/c1-11(22)19-6-8-20(9-7-19)16(23)13-4-5-14-17-18-15(12-2-3-12)21(14)10-13/h4-5,10,12H,2-3,6-9H2,1H3. The van der Waals surface area contributed by atoms with Crippen molar-refractivity contribution in [2.75, 3.05) is 26.2 Å². The van der Waals surface area contributed by atoms with Gasteiger partial charge in [0.25, 0.3) is 5.91 Å². The second kappa shape index (κ2) is 5.33. The first-order valence-electron chi connectivity index (χ1n) is 8.03. The van der Waals surface area contributed by atoms with Gasteiger partial charge in [0, 0.05) is 45.2 Å². The van der Waals surface area contributed by atoms with Gasteiger partial charge in [0.2, 0.25) is 5.91 Å². The van der Waals surface area contributed by atoms with Crippen molar-refractivity contribution in [2.24, 2.45) is 0 Å². The van der Waals surface area contributed by atoms with E-state index in [2.05, 4.69) is 10.2 Å². The van der Waals surface area contributed by atoms with E-state index in [1.165, 1.54) is 0 Å². The lowest BCUT2D eigenvalue weighted by atomic mass is 10.2. The third-order valence-corrected chi connectivity index (χ3v) is 4.63. The summed E-state index contributed by atoms with van der Waals surface area (Å²) in [5.41, 5.74) is 1.43.